The van der Waals surface area contributed by atoms with Crippen LogP contribution in [0.5, 0.6) is 11.5 Å². The van der Waals surface area contributed by atoms with E-state index in [0.29, 0.717) is 24.6 Å². The smallest absolute Gasteiger partial charge is 0.265 e. The van der Waals surface area contributed by atoms with Crippen LogP contribution < -0.4 is 19.5 Å². The lowest BCUT2D eigenvalue weighted by atomic mass is 9.95. The second-order valence-corrected chi connectivity index (χ2v) is 8.68. The lowest BCUT2D eigenvalue weighted by Gasteiger charge is -2.17. The van der Waals surface area contributed by atoms with Crippen LogP contribution in [0.15, 0.2) is 47.4 Å². The highest BCUT2D eigenvalue weighted by atomic mass is 32.2. The number of nitrogens with one attached hydrogen (secondary N) is 2. The minimum Gasteiger partial charge on any atom is -0.497 e. The summed E-state index contributed by atoms with van der Waals surface area (Å²) in [6.07, 6.45) is 1.52. The standard InChI is InChI=1S/C21H26N2O6S/c1-27-13-12-22-20(24)21(10-11-21)15-4-6-16(7-5-15)23-30(25,26)19-14-17(28-2)8-9-18(19)29-3/h4-9,14,23H,10-13H2,1-3H3,(H,22,24). The lowest BCUT2D eigenvalue weighted by Crippen LogP contribution is -2.36. The Kier molecular flexibility index (Phi) is 6.52. The molecule has 0 aromatic heterocycles. The summed E-state index contributed by atoms with van der Waals surface area (Å²) in [5.41, 5.74) is 0.708. The van der Waals surface area contributed by atoms with Crippen molar-refractivity contribution in [3.63, 3.8) is 0 Å². The van der Waals surface area contributed by atoms with Crippen molar-refractivity contribution in [2.45, 2.75) is 23.2 Å². The minimum atomic E-state index is -3.90. The summed E-state index contributed by atoms with van der Waals surface area (Å²) in [4.78, 5) is 12.5. The fourth-order valence-electron chi connectivity index (χ4n) is 3.27. The van der Waals surface area contributed by atoms with Gasteiger partial charge in [-0.05, 0) is 42.7 Å². The van der Waals surface area contributed by atoms with Crippen LogP contribution in [0.4, 0.5) is 5.69 Å². The van der Waals surface area contributed by atoms with E-state index in [1.807, 2.05) is 0 Å². The van der Waals surface area contributed by atoms with Gasteiger partial charge in [-0.15, -0.1) is 0 Å². The fraction of sp³-hybridized carbons (Fsp3) is 0.381. The second-order valence-electron chi connectivity index (χ2n) is 7.03. The molecule has 0 bridgehead atoms. The molecule has 162 valence electrons. The molecule has 0 radical (unpaired) electrons. The number of methoxy groups -OCH3 is 3. The molecule has 1 aliphatic rings. The molecule has 0 heterocycles. The zero-order chi connectivity index (χ0) is 21.8. The Morgan fingerprint density at radius 1 is 1.03 bits per heavy atom. The summed E-state index contributed by atoms with van der Waals surface area (Å²) in [6.45, 7) is 0.910. The zero-order valence-corrected chi connectivity index (χ0v) is 18.0. The first-order chi connectivity index (χ1) is 14.4. The van der Waals surface area contributed by atoms with E-state index in [-0.39, 0.29) is 16.6 Å². The predicted octanol–water partition coefficient (Wildman–Crippen LogP) is 2.30. The highest BCUT2D eigenvalue weighted by Crippen LogP contribution is 2.48. The molecular weight excluding hydrogens is 408 g/mol. The van der Waals surface area contributed by atoms with E-state index in [9.17, 15) is 13.2 Å². The largest absolute Gasteiger partial charge is 0.497 e. The summed E-state index contributed by atoms with van der Waals surface area (Å²) in [7, 11) is 0.549. The first-order valence-corrected chi connectivity index (χ1v) is 11.0. The molecule has 1 aliphatic carbocycles. The Labute approximate surface area is 176 Å². The Bertz CT molecular complexity index is 1000. The Balaban J connectivity index is 1.77. The summed E-state index contributed by atoms with van der Waals surface area (Å²) in [5, 5.41) is 2.88. The van der Waals surface area contributed by atoms with Gasteiger partial charge in [-0.1, -0.05) is 12.1 Å². The number of sulfonamides is 1. The van der Waals surface area contributed by atoms with Crippen molar-refractivity contribution in [3.05, 3.63) is 48.0 Å². The van der Waals surface area contributed by atoms with E-state index in [0.717, 1.165) is 18.4 Å². The second kappa shape index (κ2) is 8.93. The normalized spacial score (nSPS) is 14.6. The van der Waals surface area contributed by atoms with E-state index < -0.39 is 15.4 Å². The summed E-state index contributed by atoms with van der Waals surface area (Å²) < 4.78 is 43.6. The van der Waals surface area contributed by atoms with E-state index in [4.69, 9.17) is 14.2 Å². The van der Waals surface area contributed by atoms with Crippen molar-refractivity contribution in [1.82, 2.24) is 5.32 Å². The van der Waals surface area contributed by atoms with Crippen molar-refractivity contribution < 1.29 is 27.4 Å². The van der Waals surface area contributed by atoms with Gasteiger partial charge in [-0.25, -0.2) is 8.42 Å². The van der Waals surface area contributed by atoms with Crippen LogP contribution in [0.2, 0.25) is 0 Å². The molecule has 9 heteroatoms. The Hall–Kier alpha value is -2.78. The number of amides is 1. The van der Waals surface area contributed by atoms with Gasteiger partial charge in [0.15, 0.2) is 0 Å². The van der Waals surface area contributed by atoms with Gasteiger partial charge >= 0.3 is 0 Å². The van der Waals surface area contributed by atoms with Gasteiger partial charge in [0.1, 0.15) is 16.4 Å². The molecule has 3 rings (SSSR count). The van der Waals surface area contributed by atoms with Gasteiger partial charge in [0.25, 0.3) is 10.0 Å². The van der Waals surface area contributed by atoms with Crippen LogP contribution in [0.3, 0.4) is 0 Å². The molecule has 30 heavy (non-hydrogen) atoms. The van der Waals surface area contributed by atoms with Crippen LogP contribution in [0, 0.1) is 0 Å². The van der Waals surface area contributed by atoms with E-state index in [2.05, 4.69) is 10.0 Å². The minimum absolute atomic E-state index is 0.0235. The molecule has 0 spiro atoms. The van der Waals surface area contributed by atoms with Gasteiger partial charge in [-0.3, -0.25) is 9.52 Å². The molecule has 2 aromatic rings. The number of benzene rings is 2. The predicted molar refractivity (Wildman–Crippen MR) is 113 cm³/mol. The van der Waals surface area contributed by atoms with Crippen molar-refractivity contribution >= 4 is 21.6 Å². The molecule has 2 aromatic carbocycles. The Morgan fingerprint density at radius 2 is 1.73 bits per heavy atom. The lowest BCUT2D eigenvalue weighted by molar-refractivity contribution is -0.123. The molecule has 1 fully saturated rings. The number of hydrogen-bond acceptors (Lipinski definition) is 6. The van der Waals surface area contributed by atoms with E-state index >= 15 is 0 Å². The van der Waals surface area contributed by atoms with Crippen molar-refractivity contribution in [2.24, 2.45) is 0 Å². The topological polar surface area (TPSA) is 103 Å². The third-order valence-electron chi connectivity index (χ3n) is 5.13. The van der Waals surface area contributed by atoms with Crippen molar-refractivity contribution in [3.8, 4) is 11.5 Å². The third-order valence-corrected chi connectivity index (χ3v) is 6.53. The molecule has 0 saturated heterocycles. The van der Waals surface area contributed by atoms with Crippen LogP contribution in [-0.2, 0) is 25.0 Å². The summed E-state index contributed by atoms with van der Waals surface area (Å²) in [5.74, 6) is 0.584. The quantitative estimate of drug-likeness (QED) is 0.556. The maximum atomic E-state index is 12.9. The van der Waals surface area contributed by atoms with Gasteiger partial charge in [0.05, 0.1) is 26.2 Å². The Morgan fingerprint density at radius 3 is 2.30 bits per heavy atom. The molecule has 8 nitrogen and oxygen atoms in total. The number of carbonyl (C=O) groups is 1. The van der Waals surface area contributed by atoms with Gasteiger partial charge < -0.3 is 19.5 Å². The average molecular weight is 435 g/mol. The molecule has 0 atom stereocenters. The maximum absolute atomic E-state index is 12.9. The SMILES string of the molecule is COCCNC(=O)C1(c2ccc(NS(=O)(=O)c3cc(OC)ccc3OC)cc2)CC1. The fourth-order valence-corrected chi connectivity index (χ4v) is 4.51. The van der Waals surface area contributed by atoms with Gasteiger partial charge in [-0.2, -0.15) is 0 Å². The number of rotatable bonds is 10. The summed E-state index contributed by atoms with van der Waals surface area (Å²) >= 11 is 0. The maximum Gasteiger partial charge on any atom is 0.265 e. The molecule has 0 aliphatic heterocycles. The summed E-state index contributed by atoms with van der Waals surface area (Å²) in [6, 6.07) is 11.4. The number of carbonyl (C=O) groups excluding carboxylic acids is 1. The van der Waals surface area contributed by atoms with Gasteiger partial charge in [0, 0.05) is 25.4 Å². The van der Waals surface area contributed by atoms with Gasteiger partial charge in [0.2, 0.25) is 5.91 Å². The highest BCUT2D eigenvalue weighted by Gasteiger charge is 2.51. The monoisotopic (exact) mass is 434 g/mol. The first-order valence-electron chi connectivity index (χ1n) is 9.49. The zero-order valence-electron chi connectivity index (χ0n) is 17.2. The average Bonchev–Trinajstić information content (AvgIpc) is 3.55. The highest BCUT2D eigenvalue weighted by molar-refractivity contribution is 7.92. The molecule has 2 N–H and O–H groups in total. The molecule has 0 unspecified atom stereocenters. The first kappa shape index (κ1) is 21.9. The van der Waals surface area contributed by atoms with Crippen LogP contribution in [0.1, 0.15) is 18.4 Å². The van der Waals surface area contributed by atoms with Crippen molar-refractivity contribution in [2.75, 3.05) is 39.2 Å². The van der Waals surface area contributed by atoms with Crippen LogP contribution in [-0.4, -0.2) is 48.8 Å². The molecule has 1 amide bonds. The number of anilines is 1. The van der Waals surface area contributed by atoms with Crippen LogP contribution in [0.25, 0.3) is 0 Å². The molecular formula is C21H26N2O6S. The number of hydrogen-bond donors (Lipinski definition) is 2. The van der Waals surface area contributed by atoms with Crippen LogP contribution >= 0.6 is 0 Å². The van der Waals surface area contributed by atoms with E-state index in [1.54, 1.807) is 37.4 Å². The van der Waals surface area contributed by atoms with E-state index in [1.165, 1.54) is 26.4 Å². The molecule has 1 saturated carbocycles. The van der Waals surface area contributed by atoms with Crippen molar-refractivity contribution in [1.29, 1.82) is 0 Å². The number of ether oxygens (including phenoxy) is 3. The third kappa shape index (κ3) is 4.52.